The Bertz CT molecular complexity index is 1060. The van der Waals surface area contributed by atoms with E-state index in [-0.39, 0.29) is 0 Å². The quantitative estimate of drug-likeness (QED) is 0.580. The summed E-state index contributed by atoms with van der Waals surface area (Å²) in [6.07, 6.45) is 7.14. The number of anilines is 1. The fourth-order valence-corrected chi connectivity index (χ4v) is 2.68. The first kappa shape index (κ1) is 15.8. The van der Waals surface area contributed by atoms with Gasteiger partial charge in [0.15, 0.2) is 5.65 Å². The van der Waals surface area contributed by atoms with Gasteiger partial charge in [0.05, 0.1) is 6.20 Å². The molecule has 0 aliphatic rings. The van der Waals surface area contributed by atoms with Gasteiger partial charge in [-0.3, -0.25) is 9.78 Å². The summed E-state index contributed by atoms with van der Waals surface area (Å²) in [7, 11) is 0. The highest BCUT2D eigenvalue weighted by molar-refractivity contribution is 5.93. The van der Waals surface area contributed by atoms with Crippen molar-refractivity contribution in [3.05, 3.63) is 78.4 Å². The number of fused-ring (bicyclic) bond motifs is 1. The molecule has 0 unspecified atom stereocenters. The van der Waals surface area contributed by atoms with Crippen LogP contribution in [0.4, 0.5) is 5.82 Å². The predicted octanol–water partition coefficient (Wildman–Crippen LogP) is 2.50. The molecule has 0 atom stereocenters. The molecular formula is C19H16N6O. The summed E-state index contributed by atoms with van der Waals surface area (Å²) in [6, 6.07) is 12.9. The van der Waals surface area contributed by atoms with E-state index in [4.69, 9.17) is 5.73 Å². The van der Waals surface area contributed by atoms with Gasteiger partial charge in [-0.05, 0) is 41.5 Å². The number of nitrogens with one attached hydrogen (secondary N) is 1. The number of pyridine rings is 1. The minimum absolute atomic E-state index is 0.447. The molecule has 7 nitrogen and oxygen atoms in total. The number of rotatable bonds is 5. The zero-order valence-corrected chi connectivity index (χ0v) is 13.8. The summed E-state index contributed by atoms with van der Waals surface area (Å²) in [5.74, 6) is 0.307. The highest BCUT2D eigenvalue weighted by Gasteiger charge is 2.10. The molecule has 1 amide bonds. The van der Waals surface area contributed by atoms with E-state index in [2.05, 4.69) is 20.4 Å². The molecule has 0 aliphatic heterocycles. The third-order valence-electron chi connectivity index (χ3n) is 4.07. The van der Waals surface area contributed by atoms with Gasteiger partial charge < -0.3 is 11.1 Å². The number of primary amides is 1. The normalized spacial score (nSPS) is 10.8. The maximum absolute atomic E-state index is 11.2. The van der Waals surface area contributed by atoms with Crippen LogP contribution in [-0.2, 0) is 6.54 Å². The van der Waals surface area contributed by atoms with Crippen LogP contribution in [0.1, 0.15) is 15.9 Å². The molecular weight excluding hydrogens is 328 g/mol. The smallest absolute Gasteiger partial charge is 0.248 e. The van der Waals surface area contributed by atoms with E-state index in [9.17, 15) is 4.79 Å². The Morgan fingerprint density at radius 1 is 1.08 bits per heavy atom. The molecule has 7 heteroatoms. The van der Waals surface area contributed by atoms with Crippen LogP contribution < -0.4 is 11.1 Å². The molecule has 4 aromatic rings. The van der Waals surface area contributed by atoms with E-state index in [1.54, 1.807) is 35.2 Å². The van der Waals surface area contributed by atoms with Gasteiger partial charge in [0, 0.05) is 36.3 Å². The van der Waals surface area contributed by atoms with Crippen molar-refractivity contribution in [1.29, 1.82) is 0 Å². The molecule has 0 spiro atoms. The summed E-state index contributed by atoms with van der Waals surface area (Å²) in [6.45, 7) is 0.655. The molecule has 3 heterocycles. The lowest BCUT2D eigenvalue weighted by molar-refractivity contribution is 0.100. The summed E-state index contributed by atoms with van der Waals surface area (Å²) in [5.41, 5.74) is 9.42. The fraction of sp³-hybridized carbons (Fsp3) is 0.0526. The summed E-state index contributed by atoms with van der Waals surface area (Å²) in [4.78, 5) is 19.9. The van der Waals surface area contributed by atoms with Gasteiger partial charge >= 0.3 is 0 Å². The van der Waals surface area contributed by atoms with Gasteiger partial charge in [-0.2, -0.15) is 5.10 Å². The number of hydrogen-bond donors (Lipinski definition) is 2. The lowest BCUT2D eigenvalue weighted by atomic mass is 10.1. The first-order valence-electron chi connectivity index (χ1n) is 8.08. The standard InChI is InChI=1S/C19H16N6O/c20-18(26)15-3-1-14(2-4-15)16-12-23-25-10-7-17(24-19(16)25)22-11-13-5-8-21-9-6-13/h1-10,12H,11H2,(H2,20,26)(H,22,24). The van der Waals surface area contributed by atoms with Crippen molar-refractivity contribution in [2.24, 2.45) is 5.73 Å². The Morgan fingerprint density at radius 3 is 2.58 bits per heavy atom. The first-order valence-corrected chi connectivity index (χ1v) is 8.08. The largest absolute Gasteiger partial charge is 0.366 e. The molecule has 128 valence electrons. The second-order valence-corrected chi connectivity index (χ2v) is 5.79. The van der Waals surface area contributed by atoms with Gasteiger partial charge in [-0.1, -0.05) is 12.1 Å². The Morgan fingerprint density at radius 2 is 1.85 bits per heavy atom. The minimum atomic E-state index is -0.447. The van der Waals surface area contributed by atoms with Crippen molar-refractivity contribution < 1.29 is 4.79 Å². The Balaban J connectivity index is 1.63. The molecule has 3 N–H and O–H groups in total. The van der Waals surface area contributed by atoms with Crippen LogP contribution in [-0.4, -0.2) is 25.5 Å². The van der Waals surface area contributed by atoms with Crippen molar-refractivity contribution in [3.63, 3.8) is 0 Å². The summed E-state index contributed by atoms with van der Waals surface area (Å²) in [5, 5.41) is 7.64. The maximum Gasteiger partial charge on any atom is 0.248 e. The Kier molecular flexibility index (Phi) is 4.03. The van der Waals surface area contributed by atoms with Crippen LogP contribution in [0.5, 0.6) is 0 Å². The number of aromatic nitrogens is 4. The number of benzene rings is 1. The van der Waals surface area contributed by atoms with E-state index in [1.165, 1.54) is 0 Å². The number of hydrogen-bond acceptors (Lipinski definition) is 5. The minimum Gasteiger partial charge on any atom is -0.366 e. The third kappa shape index (κ3) is 3.10. The van der Waals surface area contributed by atoms with E-state index < -0.39 is 5.91 Å². The predicted molar refractivity (Wildman–Crippen MR) is 98.5 cm³/mol. The van der Waals surface area contributed by atoms with Crippen LogP contribution in [0.2, 0.25) is 0 Å². The molecule has 26 heavy (non-hydrogen) atoms. The average molecular weight is 344 g/mol. The SMILES string of the molecule is NC(=O)c1ccc(-c2cnn3ccc(NCc4ccncc4)nc23)cc1. The van der Waals surface area contributed by atoms with Crippen LogP contribution in [0.25, 0.3) is 16.8 Å². The number of nitrogens with two attached hydrogens (primary N) is 1. The highest BCUT2D eigenvalue weighted by Crippen LogP contribution is 2.24. The molecule has 3 aromatic heterocycles. The topological polar surface area (TPSA) is 98.2 Å². The zero-order valence-electron chi connectivity index (χ0n) is 13.8. The monoisotopic (exact) mass is 344 g/mol. The third-order valence-corrected chi connectivity index (χ3v) is 4.07. The van der Waals surface area contributed by atoms with Gasteiger partial charge in [-0.25, -0.2) is 9.50 Å². The van der Waals surface area contributed by atoms with Crippen LogP contribution in [0, 0.1) is 0 Å². The lowest BCUT2D eigenvalue weighted by Crippen LogP contribution is -2.10. The average Bonchev–Trinajstić information content (AvgIpc) is 3.10. The van der Waals surface area contributed by atoms with Crippen LogP contribution in [0.15, 0.2) is 67.3 Å². The molecule has 0 saturated carbocycles. The molecule has 0 bridgehead atoms. The van der Waals surface area contributed by atoms with Crippen LogP contribution in [0.3, 0.4) is 0 Å². The lowest BCUT2D eigenvalue weighted by Gasteiger charge is -2.06. The molecule has 0 fully saturated rings. The van der Waals surface area contributed by atoms with Crippen molar-refractivity contribution in [2.75, 3.05) is 5.32 Å². The second-order valence-electron chi connectivity index (χ2n) is 5.79. The van der Waals surface area contributed by atoms with Gasteiger partial charge in [0.2, 0.25) is 5.91 Å². The molecule has 0 saturated heterocycles. The number of carbonyl (C=O) groups excluding carboxylic acids is 1. The van der Waals surface area contributed by atoms with Crippen molar-refractivity contribution in [2.45, 2.75) is 6.54 Å². The number of nitrogens with zero attached hydrogens (tertiary/aromatic N) is 4. The molecule has 1 aromatic carbocycles. The maximum atomic E-state index is 11.2. The van der Waals surface area contributed by atoms with Crippen LogP contribution >= 0.6 is 0 Å². The Labute approximate surface area is 149 Å². The number of carbonyl (C=O) groups is 1. The zero-order chi connectivity index (χ0) is 17.9. The molecule has 0 aliphatic carbocycles. The van der Waals surface area contributed by atoms with E-state index in [0.717, 1.165) is 28.2 Å². The van der Waals surface area contributed by atoms with Crippen molar-refractivity contribution in [3.8, 4) is 11.1 Å². The second kappa shape index (κ2) is 6.64. The summed E-state index contributed by atoms with van der Waals surface area (Å²) < 4.78 is 1.72. The fourth-order valence-electron chi connectivity index (χ4n) is 2.68. The van der Waals surface area contributed by atoms with Gasteiger partial charge in [-0.15, -0.1) is 0 Å². The van der Waals surface area contributed by atoms with Crippen molar-refractivity contribution >= 4 is 17.4 Å². The molecule has 0 radical (unpaired) electrons. The first-order chi connectivity index (χ1) is 12.7. The van der Waals surface area contributed by atoms with Gasteiger partial charge in [0.1, 0.15) is 5.82 Å². The van der Waals surface area contributed by atoms with Crippen molar-refractivity contribution in [1.82, 2.24) is 19.6 Å². The van der Waals surface area contributed by atoms with E-state index in [1.807, 2.05) is 36.5 Å². The number of amides is 1. The van der Waals surface area contributed by atoms with Gasteiger partial charge in [0.25, 0.3) is 0 Å². The van der Waals surface area contributed by atoms with E-state index >= 15 is 0 Å². The molecule has 4 rings (SSSR count). The highest BCUT2D eigenvalue weighted by atomic mass is 16.1. The van der Waals surface area contributed by atoms with E-state index in [0.29, 0.717) is 12.1 Å². The Hall–Kier alpha value is -3.74. The summed E-state index contributed by atoms with van der Waals surface area (Å²) >= 11 is 0.